The summed E-state index contributed by atoms with van der Waals surface area (Å²) >= 11 is 5.81. The third kappa shape index (κ3) is 5.00. The van der Waals surface area contributed by atoms with Crippen molar-refractivity contribution in [3.63, 3.8) is 0 Å². The standard InChI is InChI=1S/C16H14ClF2NO2/c17-14-10-13(19)5-6-15(14)22-8-7-20-16(21)9-11-1-3-12(18)4-2-11/h1-6,10H,7-9H2,(H,20,21). The molecule has 0 radical (unpaired) electrons. The first-order valence-electron chi connectivity index (χ1n) is 6.63. The fourth-order valence-corrected chi connectivity index (χ4v) is 2.02. The molecule has 6 heteroatoms. The minimum atomic E-state index is -0.440. The molecule has 1 amide bonds. The second-order valence-corrected chi connectivity index (χ2v) is 4.98. The van der Waals surface area contributed by atoms with Gasteiger partial charge in [-0.1, -0.05) is 23.7 Å². The van der Waals surface area contributed by atoms with Gasteiger partial charge in [0, 0.05) is 0 Å². The van der Waals surface area contributed by atoms with Crippen molar-refractivity contribution in [3.05, 3.63) is 64.7 Å². The molecule has 0 aliphatic carbocycles. The summed E-state index contributed by atoms with van der Waals surface area (Å²) in [5.74, 6) is -0.616. The first-order chi connectivity index (χ1) is 10.5. The number of ether oxygens (including phenoxy) is 1. The predicted octanol–water partition coefficient (Wildman–Crippen LogP) is 3.36. The molecule has 0 bridgehead atoms. The second-order valence-electron chi connectivity index (χ2n) is 4.58. The Morgan fingerprint density at radius 3 is 2.45 bits per heavy atom. The van der Waals surface area contributed by atoms with Crippen LogP contribution in [0.2, 0.25) is 5.02 Å². The number of amides is 1. The van der Waals surface area contributed by atoms with Gasteiger partial charge in [0.1, 0.15) is 24.0 Å². The molecule has 2 rings (SSSR count). The number of benzene rings is 2. The minimum Gasteiger partial charge on any atom is -0.490 e. The molecule has 0 aliphatic rings. The molecule has 22 heavy (non-hydrogen) atoms. The van der Waals surface area contributed by atoms with E-state index in [0.717, 1.165) is 11.6 Å². The summed E-state index contributed by atoms with van der Waals surface area (Å²) in [5.41, 5.74) is 0.724. The van der Waals surface area contributed by atoms with Gasteiger partial charge in [-0.3, -0.25) is 4.79 Å². The van der Waals surface area contributed by atoms with Gasteiger partial charge >= 0.3 is 0 Å². The number of nitrogens with one attached hydrogen (secondary N) is 1. The summed E-state index contributed by atoms with van der Waals surface area (Å²) in [6, 6.07) is 9.56. The van der Waals surface area contributed by atoms with Gasteiger partial charge < -0.3 is 10.1 Å². The van der Waals surface area contributed by atoms with Crippen LogP contribution in [0.3, 0.4) is 0 Å². The quantitative estimate of drug-likeness (QED) is 0.827. The topological polar surface area (TPSA) is 38.3 Å². The second kappa shape index (κ2) is 7.75. The fourth-order valence-electron chi connectivity index (χ4n) is 1.79. The molecule has 0 saturated heterocycles. The molecule has 0 aliphatic heterocycles. The van der Waals surface area contributed by atoms with Crippen LogP contribution in [-0.2, 0) is 11.2 Å². The van der Waals surface area contributed by atoms with Gasteiger partial charge in [-0.15, -0.1) is 0 Å². The molecule has 116 valence electrons. The highest BCUT2D eigenvalue weighted by Crippen LogP contribution is 2.24. The summed E-state index contributed by atoms with van der Waals surface area (Å²) in [7, 11) is 0. The molecule has 0 saturated carbocycles. The van der Waals surface area contributed by atoms with E-state index in [1.54, 1.807) is 12.1 Å². The average Bonchev–Trinajstić information content (AvgIpc) is 2.48. The number of rotatable bonds is 6. The van der Waals surface area contributed by atoms with Crippen molar-refractivity contribution < 1.29 is 18.3 Å². The molecule has 0 unspecified atom stereocenters. The van der Waals surface area contributed by atoms with Crippen LogP contribution in [-0.4, -0.2) is 19.1 Å². The van der Waals surface area contributed by atoms with Crippen molar-refractivity contribution in [2.75, 3.05) is 13.2 Å². The first-order valence-corrected chi connectivity index (χ1v) is 7.01. The van der Waals surface area contributed by atoms with E-state index in [1.165, 1.54) is 24.3 Å². The highest BCUT2D eigenvalue weighted by atomic mass is 35.5. The summed E-state index contributed by atoms with van der Waals surface area (Å²) < 4.78 is 30.9. The zero-order valence-electron chi connectivity index (χ0n) is 11.6. The molecule has 1 N–H and O–H groups in total. The Morgan fingerprint density at radius 2 is 1.77 bits per heavy atom. The lowest BCUT2D eigenvalue weighted by molar-refractivity contribution is -0.120. The number of halogens is 3. The lowest BCUT2D eigenvalue weighted by Gasteiger charge is -2.09. The largest absolute Gasteiger partial charge is 0.490 e. The Kier molecular flexibility index (Phi) is 5.72. The maximum absolute atomic E-state index is 12.9. The Labute approximate surface area is 131 Å². The van der Waals surface area contributed by atoms with E-state index < -0.39 is 5.82 Å². The molecule has 2 aromatic rings. The molecule has 0 aromatic heterocycles. The van der Waals surface area contributed by atoms with Crippen LogP contribution in [0.15, 0.2) is 42.5 Å². The van der Waals surface area contributed by atoms with Gasteiger partial charge in [-0.25, -0.2) is 8.78 Å². The van der Waals surface area contributed by atoms with E-state index in [-0.39, 0.29) is 36.3 Å². The summed E-state index contributed by atoms with van der Waals surface area (Å²) in [5, 5.41) is 2.85. The van der Waals surface area contributed by atoms with Gasteiger partial charge in [0.25, 0.3) is 0 Å². The zero-order chi connectivity index (χ0) is 15.9. The van der Waals surface area contributed by atoms with Gasteiger partial charge in [-0.05, 0) is 35.9 Å². The van der Waals surface area contributed by atoms with Crippen LogP contribution in [0, 0.1) is 11.6 Å². The fraction of sp³-hybridized carbons (Fsp3) is 0.188. The van der Waals surface area contributed by atoms with Gasteiger partial charge in [0.15, 0.2) is 0 Å². The third-order valence-corrected chi connectivity index (χ3v) is 3.15. The van der Waals surface area contributed by atoms with Crippen molar-refractivity contribution in [1.29, 1.82) is 0 Å². The Bertz CT molecular complexity index is 647. The Hall–Kier alpha value is -2.14. The third-order valence-electron chi connectivity index (χ3n) is 2.85. The first kappa shape index (κ1) is 16.2. The maximum atomic E-state index is 12.9. The normalized spacial score (nSPS) is 10.3. The van der Waals surface area contributed by atoms with E-state index in [0.29, 0.717) is 5.75 Å². The summed E-state index contributed by atoms with van der Waals surface area (Å²) in [6.45, 7) is 0.494. The molecule has 2 aromatic carbocycles. The molecule has 0 spiro atoms. The number of hydrogen-bond acceptors (Lipinski definition) is 2. The predicted molar refractivity (Wildman–Crippen MR) is 80.0 cm³/mol. The van der Waals surface area contributed by atoms with E-state index >= 15 is 0 Å². The number of carbonyl (C=O) groups excluding carboxylic acids is 1. The van der Waals surface area contributed by atoms with Gasteiger partial charge in [0.05, 0.1) is 18.0 Å². The average molecular weight is 326 g/mol. The van der Waals surface area contributed by atoms with Crippen LogP contribution in [0.4, 0.5) is 8.78 Å². The van der Waals surface area contributed by atoms with Gasteiger partial charge in [0.2, 0.25) is 5.91 Å². The molecular weight excluding hydrogens is 312 g/mol. The van der Waals surface area contributed by atoms with Crippen LogP contribution in [0.25, 0.3) is 0 Å². The van der Waals surface area contributed by atoms with Crippen molar-refractivity contribution >= 4 is 17.5 Å². The van der Waals surface area contributed by atoms with E-state index in [9.17, 15) is 13.6 Å². The Balaban J connectivity index is 1.72. The van der Waals surface area contributed by atoms with Crippen LogP contribution in [0.1, 0.15) is 5.56 Å². The van der Waals surface area contributed by atoms with E-state index in [1.807, 2.05) is 0 Å². The van der Waals surface area contributed by atoms with Crippen LogP contribution >= 0.6 is 11.6 Å². The zero-order valence-corrected chi connectivity index (χ0v) is 12.4. The SMILES string of the molecule is O=C(Cc1ccc(F)cc1)NCCOc1ccc(F)cc1Cl. The van der Waals surface area contributed by atoms with Crippen molar-refractivity contribution in [2.45, 2.75) is 6.42 Å². The molecule has 0 fully saturated rings. The van der Waals surface area contributed by atoms with Crippen molar-refractivity contribution in [1.82, 2.24) is 5.32 Å². The molecule has 3 nitrogen and oxygen atoms in total. The molecule has 0 heterocycles. The van der Waals surface area contributed by atoms with Crippen molar-refractivity contribution in [2.24, 2.45) is 0 Å². The van der Waals surface area contributed by atoms with E-state index in [4.69, 9.17) is 16.3 Å². The molecule has 0 atom stereocenters. The monoisotopic (exact) mass is 325 g/mol. The molecular formula is C16H14ClF2NO2. The smallest absolute Gasteiger partial charge is 0.224 e. The van der Waals surface area contributed by atoms with Gasteiger partial charge in [-0.2, -0.15) is 0 Å². The van der Waals surface area contributed by atoms with E-state index in [2.05, 4.69) is 5.32 Å². The number of carbonyl (C=O) groups is 1. The van der Waals surface area contributed by atoms with Crippen molar-refractivity contribution in [3.8, 4) is 5.75 Å². The van der Waals surface area contributed by atoms with Crippen LogP contribution < -0.4 is 10.1 Å². The highest BCUT2D eigenvalue weighted by Gasteiger charge is 2.05. The maximum Gasteiger partial charge on any atom is 0.224 e. The lowest BCUT2D eigenvalue weighted by atomic mass is 10.1. The highest BCUT2D eigenvalue weighted by molar-refractivity contribution is 6.32. The minimum absolute atomic E-state index is 0.164. The number of hydrogen-bond donors (Lipinski definition) is 1. The summed E-state index contributed by atoms with van der Waals surface area (Å²) in [4.78, 5) is 11.7. The lowest BCUT2D eigenvalue weighted by Crippen LogP contribution is -2.29. The Morgan fingerprint density at radius 1 is 1.09 bits per heavy atom. The summed E-state index contributed by atoms with van der Waals surface area (Å²) in [6.07, 6.45) is 0.164. The van der Waals surface area contributed by atoms with Crippen LogP contribution in [0.5, 0.6) is 5.75 Å².